The van der Waals surface area contributed by atoms with E-state index in [0.29, 0.717) is 12.1 Å². The standard InChI is InChI=1S/C28H47FN7O9P.C12H16FN5O4.C8H17NO2/c1-15(22(37)42-12-26(3,4)5)34-46(40,35-16(2)23(38)43-13-27(6,7)8)44-11-17-19(29)28(9,39)24(45-17)36-14-31-18-20(36)32-25(30)33-21(18)41-10;1-12(20)7(13)5(3-19)22-10(12)18-4-15-6-8(18)16-11(14)17-9(6)21-2;1-6(9)7(10)11-5-8(2,3)4/h14-17,19,24,39H,11-13H2,1-10H3,(H2,30,32,33)(H2,34,35,40);4-5,7,10,19-20H,3H2,1-2H3,(H2,14,16,17);6H,5,9H2,1-4H3/t15-,16-,17+,19+,24+,28+;5-,7-,10-,12-;6-/m010/s1. The van der Waals surface area contributed by atoms with Gasteiger partial charge >= 0.3 is 25.6 Å². The van der Waals surface area contributed by atoms with Crippen molar-refractivity contribution >= 4 is 59.8 Å². The maximum atomic E-state index is 15.8. The number of alkyl halides is 2. The molecule has 0 spiro atoms. The molecule has 0 aliphatic carbocycles. The molecular weight excluding hydrogens is 1070 g/mol. The van der Waals surface area contributed by atoms with Crippen molar-refractivity contribution in [1.29, 1.82) is 0 Å². The summed E-state index contributed by atoms with van der Waals surface area (Å²) in [5, 5.41) is 35.9. The topological polar surface area (TPSA) is 392 Å². The third kappa shape index (κ3) is 17.2. The van der Waals surface area contributed by atoms with Gasteiger partial charge in [-0.05, 0) is 50.9 Å². The van der Waals surface area contributed by atoms with Gasteiger partial charge < -0.3 is 70.2 Å². The van der Waals surface area contributed by atoms with Gasteiger partial charge in [-0.3, -0.25) is 28.1 Å². The van der Waals surface area contributed by atoms with Crippen LogP contribution in [-0.2, 0) is 47.2 Å². The number of hydrogen-bond donors (Lipinski definition) is 8. The molecule has 4 aromatic rings. The second-order valence-electron chi connectivity index (χ2n) is 23.2. The maximum absolute atomic E-state index is 15.8. The number of imidazole rings is 2. The summed E-state index contributed by atoms with van der Waals surface area (Å²) in [6, 6.07) is -2.85. The number of nitrogens with two attached hydrogens (primary N) is 3. The Morgan fingerprint density at radius 3 is 1.38 bits per heavy atom. The summed E-state index contributed by atoms with van der Waals surface area (Å²) in [5.41, 5.74) is 12.9. The van der Waals surface area contributed by atoms with E-state index in [4.69, 9.17) is 60.0 Å². The molecule has 6 rings (SSSR count). The monoisotopic (exact) mass is 1150 g/mol. The van der Waals surface area contributed by atoms with Gasteiger partial charge in [-0.25, -0.2) is 28.9 Å². The second kappa shape index (κ2) is 25.9. The van der Waals surface area contributed by atoms with Gasteiger partial charge in [0.15, 0.2) is 47.1 Å². The summed E-state index contributed by atoms with van der Waals surface area (Å²) < 4.78 is 89.5. The molecule has 0 radical (unpaired) electrons. The molecule has 2 saturated heterocycles. The van der Waals surface area contributed by atoms with Crippen LogP contribution >= 0.6 is 7.67 Å². The first-order valence-electron chi connectivity index (χ1n) is 25.1. The highest BCUT2D eigenvalue weighted by Crippen LogP contribution is 2.46. The van der Waals surface area contributed by atoms with Gasteiger partial charge in [-0.1, -0.05) is 62.3 Å². The lowest BCUT2D eigenvalue weighted by Crippen LogP contribution is -2.44. The Morgan fingerprint density at radius 1 is 0.696 bits per heavy atom. The Labute approximate surface area is 457 Å². The van der Waals surface area contributed by atoms with Crippen LogP contribution in [0.25, 0.3) is 22.3 Å². The van der Waals surface area contributed by atoms with E-state index in [1.54, 1.807) is 6.92 Å². The van der Waals surface area contributed by atoms with E-state index in [9.17, 15) is 33.6 Å². The van der Waals surface area contributed by atoms with Crippen LogP contribution in [0, 0.1) is 16.2 Å². The normalized spacial score (nSPS) is 24.6. The van der Waals surface area contributed by atoms with E-state index < -0.39 is 99.2 Å². The number of rotatable bonds is 18. The van der Waals surface area contributed by atoms with Crippen molar-refractivity contribution in [3.05, 3.63) is 12.7 Å². The first-order valence-corrected chi connectivity index (χ1v) is 26.7. The molecule has 6 heterocycles. The van der Waals surface area contributed by atoms with E-state index >= 15 is 4.39 Å². The van der Waals surface area contributed by atoms with E-state index in [1.165, 1.54) is 63.7 Å². The van der Waals surface area contributed by atoms with Gasteiger partial charge in [0.1, 0.15) is 41.5 Å². The predicted octanol–water partition coefficient (Wildman–Crippen LogP) is 2.98. The zero-order chi connectivity index (χ0) is 60.0. The number of nitrogen functional groups attached to an aromatic ring is 2. The minimum Gasteiger partial charge on any atom is -0.479 e. The van der Waals surface area contributed by atoms with Crippen molar-refractivity contribution in [1.82, 2.24) is 49.2 Å². The van der Waals surface area contributed by atoms with Crippen LogP contribution in [0.15, 0.2) is 12.7 Å². The SMILES string of the molecule is COc1nc(N)nc2c1ncn2[C@@H]1O[C@H](CO)[C@@H](F)[C@@]1(C)O.COc1nc(N)nc2c1ncn2[C@@H]1O[C@H](COP(=O)(N[C@@H](C)C(=O)OCC(C)(C)C)N[C@@H](C)C(=O)OCC(C)(C)C)[C@@H](F)[C@@]1(C)O.C[C@H](N)C(=O)OCC(C)(C)C. The number of aliphatic hydroxyl groups excluding tert-OH is 1. The quantitative estimate of drug-likeness (QED) is 0.0403. The average Bonchev–Trinajstić information content (AvgIpc) is 4.11. The number of carbonyl (C=O) groups is 3. The van der Waals surface area contributed by atoms with Gasteiger partial charge in [-0.2, -0.15) is 19.9 Å². The lowest BCUT2D eigenvalue weighted by atomic mass is 9.98. The maximum Gasteiger partial charge on any atom is 0.342 e. The number of fused-ring (bicyclic) bond motifs is 2. The molecule has 2 aliphatic heterocycles. The number of halogens is 2. The number of anilines is 2. The molecule has 0 bridgehead atoms. The number of methoxy groups -OCH3 is 2. The van der Waals surface area contributed by atoms with E-state index in [0.717, 1.165) is 0 Å². The number of nitrogens with zero attached hydrogens (tertiary/aromatic N) is 8. The molecule has 446 valence electrons. The van der Waals surface area contributed by atoms with Crippen LogP contribution in [0.5, 0.6) is 11.8 Å². The lowest BCUT2D eigenvalue weighted by molar-refractivity contribution is -0.148. The van der Waals surface area contributed by atoms with Crippen molar-refractivity contribution in [2.75, 3.05) is 58.7 Å². The predicted molar refractivity (Wildman–Crippen MR) is 282 cm³/mol. The Balaban J connectivity index is 0.000000332. The molecule has 11 N–H and O–H groups in total. The Kier molecular flexibility index (Phi) is 21.6. The highest BCUT2D eigenvalue weighted by molar-refractivity contribution is 7.54. The number of esters is 3. The Bertz CT molecular complexity index is 2720. The van der Waals surface area contributed by atoms with Crippen LogP contribution < -0.4 is 36.8 Å². The molecule has 31 heteroatoms. The molecule has 28 nitrogen and oxygen atoms in total. The largest absolute Gasteiger partial charge is 0.479 e. The van der Waals surface area contributed by atoms with Crippen LogP contribution in [-0.4, -0.2) is 173 Å². The molecular formula is C48H80F2N13O15P. The first-order chi connectivity index (χ1) is 36.3. The molecule has 0 saturated carbocycles. The summed E-state index contributed by atoms with van der Waals surface area (Å²) in [6.07, 6.45) is -6.34. The molecule has 2 fully saturated rings. The lowest BCUT2D eigenvalue weighted by Gasteiger charge is -2.28. The van der Waals surface area contributed by atoms with Crippen LogP contribution in [0.3, 0.4) is 0 Å². The third-order valence-corrected chi connectivity index (χ3v) is 13.4. The fourth-order valence-electron chi connectivity index (χ4n) is 7.31. The van der Waals surface area contributed by atoms with Gasteiger partial charge in [-0.15, -0.1) is 0 Å². The summed E-state index contributed by atoms with van der Waals surface area (Å²) in [6.45, 7) is 23.6. The highest BCUT2D eigenvalue weighted by atomic mass is 31.2. The number of aliphatic hydroxyl groups is 3. The van der Waals surface area contributed by atoms with Crippen molar-refractivity contribution < 1.29 is 80.7 Å². The average molecular weight is 1150 g/mol. The number of ether oxygens (including phenoxy) is 7. The molecule has 4 aromatic heterocycles. The zero-order valence-corrected chi connectivity index (χ0v) is 48.5. The van der Waals surface area contributed by atoms with Crippen molar-refractivity contribution in [2.45, 2.75) is 163 Å². The minimum atomic E-state index is -4.33. The first kappa shape index (κ1) is 66.0. The minimum absolute atomic E-state index is 0.0184. The molecule has 0 unspecified atom stereocenters. The Morgan fingerprint density at radius 2 is 1.05 bits per heavy atom. The number of hydrogen-bond acceptors (Lipinski definition) is 24. The third-order valence-electron chi connectivity index (χ3n) is 11.4. The van der Waals surface area contributed by atoms with Gasteiger partial charge in [0.25, 0.3) is 0 Å². The molecule has 79 heavy (non-hydrogen) atoms. The van der Waals surface area contributed by atoms with Crippen molar-refractivity contribution in [2.24, 2.45) is 22.0 Å². The molecule has 0 aromatic carbocycles. The van der Waals surface area contributed by atoms with Gasteiger partial charge in [0.2, 0.25) is 23.7 Å². The molecule has 2 aliphatic rings. The van der Waals surface area contributed by atoms with Crippen molar-refractivity contribution in [3.63, 3.8) is 0 Å². The van der Waals surface area contributed by atoms with Crippen LogP contribution in [0.1, 0.15) is 109 Å². The number of carbonyl (C=O) groups excluding carboxylic acids is 3. The summed E-state index contributed by atoms with van der Waals surface area (Å²) in [7, 11) is -1.56. The van der Waals surface area contributed by atoms with E-state index in [2.05, 4.69) is 40.1 Å². The molecule has 11 atom stereocenters. The van der Waals surface area contributed by atoms with Crippen molar-refractivity contribution in [3.8, 4) is 11.8 Å². The van der Waals surface area contributed by atoms with E-state index in [-0.39, 0.29) is 75.9 Å². The second-order valence-corrected chi connectivity index (χ2v) is 25.0. The van der Waals surface area contributed by atoms with E-state index in [1.807, 2.05) is 62.3 Å². The number of nitrogens with one attached hydrogen (secondary N) is 2. The fourth-order valence-corrected chi connectivity index (χ4v) is 9.13. The highest BCUT2D eigenvalue weighted by Gasteiger charge is 2.56. The van der Waals surface area contributed by atoms with Crippen LogP contribution in [0.4, 0.5) is 20.7 Å². The Hall–Kier alpha value is -5.56. The smallest absolute Gasteiger partial charge is 0.342 e. The van der Waals surface area contributed by atoms with Gasteiger partial charge in [0.05, 0.1) is 59.9 Å². The molecule has 0 amide bonds. The van der Waals surface area contributed by atoms with Crippen LogP contribution in [0.2, 0.25) is 0 Å². The fraction of sp³-hybridized carbons (Fsp3) is 0.729. The zero-order valence-electron chi connectivity index (χ0n) is 47.6. The number of aromatic nitrogens is 8. The van der Waals surface area contributed by atoms with Gasteiger partial charge in [0, 0.05) is 0 Å². The summed E-state index contributed by atoms with van der Waals surface area (Å²) >= 11 is 0. The summed E-state index contributed by atoms with van der Waals surface area (Å²) in [5.74, 6) is -1.76. The summed E-state index contributed by atoms with van der Waals surface area (Å²) in [4.78, 5) is 60.6.